The molecule has 1 unspecified atom stereocenters. The highest BCUT2D eigenvalue weighted by Gasteiger charge is 2.21. The molecule has 0 aliphatic rings. The maximum atomic E-state index is 11.5. The van der Waals surface area contributed by atoms with Crippen molar-refractivity contribution in [1.29, 1.82) is 0 Å². The van der Waals surface area contributed by atoms with Crippen molar-refractivity contribution in [2.45, 2.75) is 47.1 Å². The number of carbonyl (C=O) groups is 1. The van der Waals surface area contributed by atoms with Gasteiger partial charge in [-0.1, -0.05) is 39.8 Å². The SMILES string of the molecule is CC.CC(C)CC(=O)OC(C)c1ccccc1[N+](=O)[O-]. The van der Waals surface area contributed by atoms with Gasteiger partial charge in [0.15, 0.2) is 0 Å². The van der Waals surface area contributed by atoms with E-state index in [1.165, 1.54) is 6.07 Å². The number of rotatable bonds is 5. The van der Waals surface area contributed by atoms with E-state index in [4.69, 9.17) is 4.74 Å². The molecule has 1 aromatic rings. The Bertz CT molecular complexity index is 443. The number of nitro benzene ring substituents is 1. The normalized spacial score (nSPS) is 11.3. The third kappa shape index (κ3) is 5.82. The van der Waals surface area contributed by atoms with E-state index in [-0.39, 0.29) is 17.6 Å². The minimum Gasteiger partial charge on any atom is -0.457 e. The Hall–Kier alpha value is -1.91. The highest BCUT2D eigenvalue weighted by Crippen LogP contribution is 2.27. The first kappa shape index (κ1) is 18.1. The van der Waals surface area contributed by atoms with Crippen LogP contribution in [0.15, 0.2) is 24.3 Å². The first-order valence-electron chi connectivity index (χ1n) is 6.84. The summed E-state index contributed by atoms with van der Waals surface area (Å²) in [7, 11) is 0. The van der Waals surface area contributed by atoms with Crippen molar-refractivity contribution in [3.63, 3.8) is 0 Å². The number of nitro groups is 1. The van der Waals surface area contributed by atoms with Crippen molar-refractivity contribution in [2.24, 2.45) is 5.92 Å². The topological polar surface area (TPSA) is 69.4 Å². The second kappa shape index (κ2) is 9.07. The summed E-state index contributed by atoms with van der Waals surface area (Å²) in [6, 6.07) is 6.28. The maximum Gasteiger partial charge on any atom is 0.306 e. The molecule has 0 heterocycles. The average Bonchev–Trinajstić information content (AvgIpc) is 2.39. The van der Waals surface area contributed by atoms with Crippen LogP contribution in [0.25, 0.3) is 0 Å². The molecule has 0 saturated carbocycles. The predicted molar refractivity (Wildman–Crippen MR) is 78.4 cm³/mol. The van der Waals surface area contributed by atoms with Crippen molar-refractivity contribution in [2.75, 3.05) is 0 Å². The number of hydrogen-bond donors (Lipinski definition) is 0. The number of hydrogen-bond acceptors (Lipinski definition) is 4. The van der Waals surface area contributed by atoms with Crippen LogP contribution in [-0.4, -0.2) is 10.9 Å². The number of benzene rings is 1. The molecule has 0 radical (unpaired) electrons. The smallest absolute Gasteiger partial charge is 0.306 e. The van der Waals surface area contributed by atoms with Crippen LogP contribution in [0.4, 0.5) is 5.69 Å². The molecule has 20 heavy (non-hydrogen) atoms. The largest absolute Gasteiger partial charge is 0.457 e. The van der Waals surface area contributed by atoms with Crippen LogP contribution in [0.2, 0.25) is 0 Å². The lowest BCUT2D eigenvalue weighted by molar-refractivity contribution is -0.386. The van der Waals surface area contributed by atoms with E-state index in [0.717, 1.165) is 0 Å². The molecule has 5 nitrogen and oxygen atoms in total. The van der Waals surface area contributed by atoms with E-state index in [2.05, 4.69) is 0 Å². The molecule has 0 aliphatic carbocycles. The molecule has 0 N–H and O–H groups in total. The van der Waals surface area contributed by atoms with Gasteiger partial charge in [-0.3, -0.25) is 14.9 Å². The van der Waals surface area contributed by atoms with Gasteiger partial charge in [-0.25, -0.2) is 0 Å². The van der Waals surface area contributed by atoms with Gasteiger partial charge >= 0.3 is 5.97 Å². The van der Waals surface area contributed by atoms with E-state index < -0.39 is 11.0 Å². The van der Waals surface area contributed by atoms with Crippen LogP contribution in [0.1, 0.15) is 52.7 Å². The van der Waals surface area contributed by atoms with Crippen molar-refractivity contribution in [3.05, 3.63) is 39.9 Å². The molecule has 0 amide bonds. The number of carbonyl (C=O) groups excluding carboxylic acids is 1. The fourth-order valence-corrected chi connectivity index (χ4v) is 1.64. The molecule has 0 saturated heterocycles. The molecule has 5 heteroatoms. The average molecular weight is 281 g/mol. The Morgan fingerprint density at radius 1 is 1.25 bits per heavy atom. The van der Waals surface area contributed by atoms with Gasteiger partial charge in [0.2, 0.25) is 0 Å². The zero-order chi connectivity index (χ0) is 15.7. The van der Waals surface area contributed by atoms with Gasteiger partial charge < -0.3 is 4.74 Å². The van der Waals surface area contributed by atoms with Gasteiger partial charge in [0.05, 0.1) is 10.5 Å². The Morgan fingerprint density at radius 2 is 1.80 bits per heavy atom. The molecular formula is C15H23NO4. The fraction of sp³-hybridized carbons (Fsp3) is 0.533. The van der Waals surface area contributed by atoms with Crippen LogP contribution in [0.3, 0.4) is 0 Å². The lowest BCUT2D eigenvalue weighted by atomic mass is 10.1. The summed E-state index contributed by atoms with van der Waals surface area (Å²) in [5.41, 5.74) is 0.391. The third-order valence-electron chi connectivity index (χ3n) is 2.45. The zero-order valence-corrected chi connectivity index (χ0v) is 12.8. The molecule has 1 aromatic carbocycles. The maximum absolute atomic E-state index is 11.5. The van der Waals surface area contributed by atoms with E-state index >= 15 is 0 Å². The Balaban J connectivity index is 0.00000172. The van der Waals surface area contributed by atoms with E-state index in [0.29, 0.717) is 12.0 Å². The quantitative estimate of drug-likeness (QED) is 0.459. The standard InChI is InChI=1S/C13H17NO4.C2H6/c1-9(2)8-13(15)18-10(3)11-6-4-5-7-12(11)14(16)17;1-2/h4-7,9-10H,8H2,1-3H3;1-2H3. The minimum absolute atomic E-state index is 0.0256. The van der Waals surface area contributed by atoms with E-state index in [9.17, 15) is 14.9 Å². The van der Waals surface area contributed by atoms with Gasteiger partial charge in [-0.2, -0.15) is 0 Å². The number of nitrogens with zero attached hydrogens (tertiary/aromatic N) is 1. The number of ether oxygens (including phenoxy) is 1. The van der Waals surface area contributed by atoms with Gasteiger partial charge in [0, 0.05) is 12.5 Å². The zero-order valence-electron chi connectivity index (χ0n) is 12.8. The second-order valence-electron chi connectivity index (χ2n) is 4.55. The van der Waals surface area contributed by atoms with Crippen molar-refractivity contribution in [3.8, 4) is 0 Å². The number of para-hydroxylation sites is 1. The van der Waals surface area contributed by atoms with Crippen molar-refractivity contribution < 1.29 is 14.5 Å². The molecule has 112 valence electrons. The summed E-state index contributed by atoms with van der Waals surface area (Å²) in [5.74, 6) is -0.133. The molecule has 1 atom stereocenters. The summed E-state index contributed by atoms with van der Waals surface area (Å²) >= 11 is 0. The summed E-state index contributed by atoms with van der Waals surface area (Å²) in [6.45, 7) is 9.47. The molecule has 0 bridgehead atoms. The third-order valence-corrected chi connectivity index (χ3v) is 2.45. The van der Waals surface area contributed by atoms with Crippen LogP contribution in [-0.2, 0) is 9.53 Å². The molecule has 0 fully saturated rings. The van der Waals surface area contributed by atoms with Gasteiger partial charge in [0.1, 0.15) is 6.10 Å². The van der Waals surface area contributed by atoms with Crippen LogP contribution in [0.5, 0.6) is 0 Å². The lowest BCUT2D eigenvalue weighted by Gasteiger charge is -2.14. The van der Waals surface area contributed by atoms with E-state index in [1.807, 2.05) is 27.7 Å². The van der Waals surface area contributed by atoms with Crippen LogP contribution < -0.4 is 0 Å². The lowest BCUT2D eigenvalue weighted by Crippen LogP contribution is -2.12. The summed E-state index contributed by atoms with van der Waals surface area (Å²) in [6.07, 6.45) is -0.303. The van der Waals surface area contributed by atoms with Gasteiger partial charge in [0.25, 0.3) is 5.69 Å². The van der Waals surface area contributed by atoms with Gasteiger partial charge in [-0.15, -0.1) is 0 Å². The Labute approximate surface area is 120 Å². The van der Waals surface area contributed by atoms with Crippen molar-refractivity contribution >= 4 is 11.7 Å². The first-order valence-corrected chi connectivity index (χ1v) is 6.84. The molecule has 0 spiro atoms. The second-order valence-corrected chi connectivity index (χ2v) is 4.55. The van der Waals surface area contributed by atoms with E-state index in [1.54, 1.807) is 25.1 Å². The Morgan fingerprint density at radius 3 is 2.30 bits per heavy atom. The monoisotopic (exact) mass is 281 g/mol. The van der Waals surface area contributed by atoms with Gasteiger partial charge in [-0.05, 0) is 18.9 Å². The van der Waals surface area contributed by atoms with Crippen molar-refractivity contribution in [1.82, 2.24) is 0 Å². The molecule has 0 aromatic heterocycles. The summed E-state index contributed by atoms with van der Waals surface area (Å²) in [4.78, 5) is 21.9. The predicted octanol–water partition coefficient (Wildman–Crippen LogP) is 4.27. The highest BCUT2D eigenvalue weighted by atomic mass is 16.6. The van der Waals surface area contributed by atoms with Crippen LogP contribution >= 0.6 is 0 Å². The molecular weight excluding hydrogens is 258 g/mol. The molecule has 0 aliphatic heterocycles. The summed E-state index contributed by atoms with van der Waals surface area (Å²) in [5, 5.41) is 10.9. The first-order chi connectivity index (χ1) is 9.41. The Kier molecular flexibility index (Phi) is 8.20. The number of esters is 1. The fourth-order valence-electron chi connectivity index (χ4n) is 1.64. The summed E-state index contributed by atoms with van der Waals surface area (Å²) < 4.78 is 5.19. The minimum atomic E-state index is -0.613. The van der Waals surface area contributed by atoms with Crippen LogP contribution in [0, 0.1) is 16.0 Å². The highest BCUT2D eigenvalue weighted by molar-refractivity contribution is 5.70. The molecule has 1 rings (SSSR count).